The van der Waals surface area contributed by atoms with E-state index in [0.717, 1.165) is 17.2 Å². The van der Waals surface area contributed by atoms with Crippen LogP contribution in [0.5, 0.6) is 0 Å². The van der Waals surface area contributed by atoms with Gasteiger partial charge in [-0.05, 0) is 20.9 Å². The first kappa shape index (κ1) is 8.72. The molecule has 2 heterocycles. The summed E-state index contributed by atoms with van der Waals surface area (Å²) in [6.07, 6.45) is 0. The van der Waals surface area contributed by atoms with Crippen LogP contribution in [0.15, 0.2) is 5.38 Å². The third-order valence-corrected chi connectivity index (χ3v) is 3.13. The van der Waals surface area contributed by atoms with Crippen LogP contribution in [0.3, 0.4) is 0 Å². The maximum atomic E-state index is 4.47. The quantitative estimate of drug-likeness (QED) is 0.790. The Morgan fingerprint density at radius 3 is 3.00 bits per heavy atom. The highest BCUT2D eigenvalue weighted by Gasteiger charge is 2.09. The van der Waals surface area contributed by atoms with Crippen LogP contribution >= 0.6 is 11.3 Å². The molecule has 0 amide bonds. The van der Waals surface area contributed by atoms with E-state index in [1.54, 1.807) is 11.3 Å². The van der Waals surface area contributed by atoms with Crippen LogP contribution in [0, 0.1) is 13.8 Å². The van der Waals surface area contributed by atoms with Crippen molar-refractivity contribution < 1.29 is 0 Å². The summed E-state index contributed by atoms with van der Waals surface area (Å²) >= 11 is 1.70. The van der Waals surface area contributed by atoms with Gasteiger partial charge >= 0.3 is 0 Å². The summed E-state index contributed by atoms with van der Waals surface area (Å²) in [6, 6.07) is 0. The molecule has 0 bridgehead atoms. The summed E-state index contributed by atoms with van der Waals surface area (Å²) in [6.45, 7) is 5.07. The van der Waals surface area contributed by atoms with E-state index in [2.05, 4.69) is 33.9 Å². The number of rotatable bonds is 2. The highest BCUT2D eigenvalue weighted by Crippen LogP contribution is 2.19. The number of nitrogens with zero attached hydrogens (tertiary/aromatic N) is 2. The number of hydrogen-bond acceptors (Lipinski definition) is 3. The second-order valence-electron chi connectivity index (χ2n) is 3.16. The molecule has 0 aromatic carbocycles. The van der Waals surface area contributed by atoms with Crippen molar-refractivity contribution in [3.8, 4) is 0 Å². The number of aryl methyl sites for hydroxylation is 2. The normalized spacial score (nSPS) is 11.3. The van der Waals surface area contributed by atoms with Gasteiger partial charge in [-0.15, -0.1) is 11.3 Å². The molecule has 70 valence electrons. The van der Waals surface area contributed by atoms with Crippen LogP contribution in [0.1, 0.15) is 17.1 Å². The molecular weight excluding hydrogens is 182 g/mol. The number of hydrogen-bond donors (Lipinski definition) is 1. The first-order valence-electron chi connectivity index (χ1n) is 4.30. The third kappa shape index (κ3) is 1.26. The van der Waals surface area contributed by atoms with E-state index >= 15 is 0 Å². The Morgan fingerprint density at radius 1 is 1.54 bits per heavy atom. The van der Waals surface area contributed by atoms with Crippen LogP contribution in [-0.2, 0) is 6.54 Å². The minimum atomic E-state index is 0.899. The fourth-order valence-corrected chi connectivity index (χ4v) is 2.45. The van der Waals surface area contributed by atoms with Crippen molar-refractivity contribution in [2.45, 2.75) is 20.4 Å². The Balaban J connectivity index is 2.63. The molecule has 0 atom stereocenters. The van der Waals surface area contributed by atoms with Gasteiger partial charge in [0.1, 0.15) is 0 Å². The average Bonchev–Trinajstić information content (AvgIpc) is 2.58. The molecule has 4 heteroatoms. The van der Waals surface area contributed by atoms with Crippen LogP contribution in [0.25, 0.3) is 4.96 Å². The lowest BCUT2D eigenvalue weighted by atomic mass is 10.4. The first-order valence-corrected chi connectivity index (χ1v) is 5.18. The molecule has 2 rings (SSSR count). The highest BCUT2D eigenvalue weighted by atomic mass is 32.1. The van der Waals surface area contributed by atoms with Gasteiger partial charge in [-0.2, -0.15) is 0 Å². The van der Waals surface area contributed by atoms with E-state index in [-0.39, 0.29) is 0 Å². The number of fused-ring (bicyclic) bond motifs is 1. The number of thiazole rings is 1. The molecule has 0 aliphatic carbocycles. The van der Waals surface area contributed by atoms with Gasteiger partial charge in [0.2, 0.25) is 0 Å². The molecule has 0 saturated heterocycles. The van der Waals surface area contributed by atoms with Crippen molar-refractivity contribution in [2.24, 2.45) is 0 Å². The van der Waals surface area contributed by atoms with E-state index in [1.165, 1.54) is 11.4 Å². The summed E-state index contributed by atoms with van der Waals surface area (Å²) in [5, 5.41) is 5.31. The second kappa shape index (κ2) is 3.12. The van der Waals surface area contributed by atoms with Gasteiger partial charge in [0, 0.05) is 23.3 Å². The van der Waals surface area contributed by atoms with Crippen molar-refractivity contribution in [1.82, 2.24) is 14.7 Å². The largest absolute Gasteiger partial charge is 0.314 e. The highest BCUT2D eigenvalue weighted by molar-refractivity contribution is 7.15. The summed E-state index contributed by atoms with van der Waals surface area (Å²) in [7, 11) is 1.96. The Labute approximate surface area is 81.4 Å². The minimum absolute atomic E-state index is 0.899. The molecule has 2 aromatic heterocycles. The molecule has 0 aliphatic rings. The summed E-state index contributed by atoms with van der Waals surface area (Å²) in [5.41, 5.74) is 3.67. The Hall–Kier alpha value is -0.870. The standard InChI is InChI=1S/C9H13N3S/c1-6-7(2)12-8(4-10-3)5-13-9(12)11-6/h5,10H,4H2,1-3H3. The number of nitrogens with one attached hydrogen (secondary N) is 1. The molecule has 13 heavy (non-hydrogen) atoms. The fraction of sp³-hybridized carbons (Fsp3) is 0.444. The third-order valence-electron chi connectivity index (χ3n) is 2.26. The Bertz CT molecular complexity index is 427. The molecular formula is C9H13N3S. The molecule has 0 saturated carbocycles. The van der Waals surface area contributed by atoms with Gasteiger partial charge in [-0.1, -0.05) is 0 Å². The van der Waals surface area contributed by atoms with Gasteiger partial charge in [-0.3, -0.25) is 4.40 Å². The van der Waals surface area contributed by atoms with E-state index in [4.69, 9.17) is 0 Å². The van der Waals surface area contributed by atoms with Crippen molar-refractivity contribution in [3.63, 3.8) is 0 Å². The average molecular weight is 195 g/mol. The van der Waals surface area contributed by atoms with Gasteiger partial charge in [0.25, 0.3) is 0 Å². The van der Waals surface area contributed by atoms with Gasteiger partial charge in [0.15, 0.2) is 4.96 Å². The maximum Gasteiger partial charge on any atom is 0.194 e. The summed E-state index contributed by atoms with van der Waals surface area (Å²) < 4.78 is 2.22. The zero-order valence-corrected chi connectivity index (χ0v) is 8.90. The molecule has 2 aromatic rings. The maximum absolute atomic E-state index is 4.47. The summed E-state index contributed by atoms with van der Waals surface area (Å²) in [4.78, 5) is 5.57. The molecule has 0 fully saturated rings. The second-order valence-corrected chi connectivity index (χ2v) is 3.99. The lowest BCUT2D eigenvalue weighted by Gasteiger charge is -1.99. The predicted molar refractivity (Wildman–Crippen MR) is 55.3 cm³/mol. The lowest BCUT2D eigenvalue weighted by Crippen LogP contribution is -2.07. The monoisotopic (exact) mass is 195 g/mol. The van der Waals surface area contributed by atoms with Crippen LogP contribution < -0.4 is 5.32 Å². The van der Waals surface area contributed by atoms with Gasteiger partial charge in [-0.25, -0.2) is 4.98 Å². The molecule has 0 radical (unpaired) electrons. The molecule has 0 unspecified atom stereocenters. The predicted octanol–water partition coefficient (Wildman–Crippen LogP) is 1.73. The van der Waals surface area contributed by atoms with E-state index < -0.39 is 0 Å². The topological polar surface area (TPSA) is 29.3 Å². The zero-order chi connectivity index (χ0) is 9.42. The van der Waals surface area contributed by atoms with Crippen molar-refractivity contribution >= 4 is 16.3 Å². The van der Waals surface area contributed by atoms with Crippen LogP contribution in [0.4, 0.5) is 0 Å². The van der Waals surface area contributed by atoms with Crippen molar-refractivity contribution in [3.05, 3.63) is 22.5 Å². The molecule has 3 nitrogen and oxygen atoms in total. The number of imidazole rings is 1. The Morgan fingerprint density at radius 2 is 2.31 bits per heavy atom. The van der Waals surface area contributed by atoms with E-state index in [9.17, 15) is 0 Å². The number of aromatic nitrogens is 2. The van der Waals surface area contributed by atoms with Crippen LogP contribution in [0.2, 0.25) is 0 Å². The first-order chi connectivity index (χ1) is 6.24. The smallest absolute Gasteiger partial charge is 0.194 e. The SMILES string of the molecule is CNCc1csc2nc(C)c(C)n12. The summed E-state index contributed by atoms with van der Waals surface area (Å²) in [5.74, 6) is 0. The van der Waals surface area contributed by atoms with Crippen molar-refractivity contribution in [1.29, 1.82) is 0 Å². The fourth-order valence-electron chi connectivity index (χ4n) is 1.47. The van der Waals surface area contributed by atoms with Gasteiger partial charge in [0.05, 0.1) is 5.69 Å². The van der Waals surface area contributed by atoms with Crippen LogP contribution in [-0.4, -0.2) is 16.4 Å². The molecule has 0 aliphatic heterocycles. The van der Waals surface area contributed by atoms with E-state index in [1.807, 2.05) is 7.05 Å². The van der Waals surface area contributed by atoms with Crippen molar-refractivity contribution in [2.75, 3.05) is 7.05 Å². The molecule has 1 N–H and O–H groups in total. The zero-order valence-electron chi connectivity index (χ0n) is 8.09. The van der Waals surface area contributed by atoms with E-state index in [0.29, 0.717) is 0 Å². The Kier molecular flexibility index (Phi) is 2.09. The molecule has 0 spiro atoms. The minimum Gasteiger partial charge on any atom is -0.314 e. The van der Waals surface area contributed by atoms with Gasteiger partial charge < -0.3 is 5.32 Å². The lowest BCUT2D eigenvalue weighted by molar-refractivity contribution is 0.778.